The number of non-ortho nitro benzene ring substituents is 1. The third-order valence-electron chi connectivity index (χ3n) is 1.92. The molecule has 0 aliphatic heterocycles. The molecule has 6 heteroatoms. The molecule has 0 atom stereocenters. The topological polar surface area (TPSA) is 46.4 Å². The van der Waals surface area contributed by atoms with E-state index in [4.69, 9.17) is 29.6 Å². The lowest BCUT2D eigenvalue weighted by Gasteiger charge is -2.18. The number of anilines is 1. The minimum atomic E-state index is -0.553. The number of halogens is 2. The Kier molecular flexibility index (Phi) is 3.99. The third-order valence-corrected chi connectivity index (χ3v) is 2.50. The van der Waals surface area contributed by atoms with E-state index in [1.54, 1.807) is 11.9 Å². The van der Waals surface area contributed by atoms with E-state index in [-0.39, 0.29) is 15.7 Å². The summed E-state index contributed by atoms with van der Waals surface area (Å²) < 4.78 is 0. The lowest BCUT2D eigenvalue weighted by molar-refractivity contribution is -0.384. The van der Waals surface area contributed by atoms with Gasteiger partial charge in [0.15, 0.2) is 0 Å². The first kappa shape index (κ1) is 12.6. The Labute approximate surface area is 103 Å². The molecule has 0 fully saturated rings. The van der Waals surface area contributed by atoms with Gasteiger partial charge in [0.05, 0.1) is 27.2 Å². The summed E-state index contributed by atoms with van der Waals surface area (Å²) in [7, 11) is 1.71. The fourth-order valence-corrected chi connectivity index (χ4v) is 2.00. The molecule has 0 amide bonds. The lowest BCUT2D eigenvalue weighted by atomic mass is 10.2. The molecule has 84 valence electrons. The van der Waals surface area contributed by atoms with Crippen molar-refractivity contribution in [2.75, 3.05) is 18.5 Å². The number of rotatable bonds is 3. The number of terminal acetylenes is 1. The lowest BCUT2D eigenvalue weighted by Crippen LogP contribution is -2.17. The largest absolute Gasteiger partial charge is 0.361 e. The first-order chi connectivity index (χ1) is 7.47. The van der Waals surface area contributed by atoms with Crippen LogP contribution in [0.4, 0.5) is 11.4 Å². The van der Waals surface area contributed by atoms with Gasteiger partial charge in [-0.1, -0.05) is 29.1 Å². The first-order valence-electron chi connectivity index (χ1n) is 4.25. The molecule has 1 rings (SSSR count). The summed E-state index contributed by atoms with van der Waals surface area (Å²) in [6, 6.07) is 2.49. The highest BCUT2D eigenvalue weighted by Gasteiger charge is 2.16. The van der Waals surface area contributed by atoms with Crippen LogP contribution < -0.4 is 4.90 Å². The van der Waals surface area contributed by atoms with E-state index in [9.17, 15) is 10.1 Å². The molecule has 0 saturated carbocycles. The van der Waals surface area contributed by atoms with Crippen molar-refractivity contribution in [3.63, 3.8) is 0 Å². The van der Waals surface area contributed by atoms with Crippen LogP contribution in [0.15, 0.2) is 12.1 Å². The molecule has 0 spiro atoms. The van der Waals surface area contributed by atoms with Gasteiger partial charge in [-0.15, -0.1) is 6.42 Å². The molecule has 0 N–H and O–H groups in total. The van der Waals surface area contributed by atoms with Crippen molar-refractivity contribution in [1.29, 1.82) is 0 Å². The van der Waals surface area contributed by atoms with Gasteiger partial charge in [0.1, 0.15) is 0 Å². The number of hydrogen-bond donors (Lipinski definition) is 0. The summed E-state index contributed by atoms with van der Waals surface area (Å²) in [6.45, 7) is 0.317. The average Bonchev–Trinajstić information content (AvgIpc) is 2.16. The quantitative estimate of drug-likeness (QED) is 0.476. The van der Waals surface area contributed by atoms with Crippen LogP contribution in [-0.4, -0.2) is 18.5 Å². The summed E-state index contributed by atoms with van der Waals surface area (Å²) in [5.41, 5.74) is 0.347. The zero-order valence-corrected chi connectivity index (χ0v) is 9.92. The number of benzene rings is 1. The first-order valence-corrected chi connectivity index (χ1v) is 5.01. The zero-order valence-electron chi connectivity index (χ0n) is 8.41. The zero-order chi connectivity index (χ0) is 12.3. The van der Waals surface area contributed by atoms with E-state index in [0.717, 1.165) is 0 Å². The Morgan fingerprint density at radius 3 is 2.38 bits per heavy atom. The highest BCUT2D eigenvalue weighted by Crippen LogP contribution is 2.36. The molecule has 4 nitrogen and oxygen atoms in total. The van der Waals surface area contributed by atoms with Crippen LogP contribution >= 0.6 is 23.2 Å². The van der Waals surface area contributed by atoms with Crippen LogP contribution in [0.1, 0.15) is 0 Å². The van der Waals surface area contributed by atoms with Crippen LogP contribution in [0.2, 0.25) is 10.0 Å². The number of hydrogen-bond acceptors (Lipinski definition) is 3. The maximum atomic E-state index is 10.6. The predicted molar refractivity (Wildman–Crippen MR) is 65.2 cm³/mol. The second kappa shape index (κ2) is 5.06. The smallest absolute Gasteiger partial charge is 0.272 e. The minimum absolute atomic E-state index is 0.146. The van der Waals surface area contributed by atoms with Gasteiger partial charge < -0.3 is 4.90 Å². The predicted octanol–water partition coefficient (Wildman–Crippen LogP) is 2.97. The summed E-state index contributed by atoms with van der Waals surface area (Å²) >= 11 is 11.8. The van der Waals surface area contributed by atoms with Crippen LogP contribution in [-0.2, 0) is 0 Å². The fraction of sp³-hybridized carbons (Fsp3) is 0.200. The Morgan fingerprint density at radius 1 is 1.50 bits per heavy atom. The average molecular weight is 259 g/mol. The Morgan fingerprint density at radius 2 is 2.00 bits per heavy atom. The summed E-state index contributed by atoms with van der Waals surface area (Å²) in [5, 5.41) is 11.0. The van der Waals surface area contributed by atoms with E-state index in [0.29, 0.717) is 12.2 Å². The van der Waals surface area contributed by atoms with Gasteiger partial charge in [-0.05, 0) is 0 Å². The fourth-order valence-electron chi connectivity index (χ4n) is 1.24. The minimum Gasteiger partial charge on any atom is -0.361 e. The van der Waals surface area contributed by atoms with Gasteiger partial charge in [0.2, 0.25) is 0 Å². The molecule has 0 unspecified atom stereocenters. The maximum absolute atomic E-state index is 10.6. The second-order valence-electron chi connectivity index (χ2n) is 3.08. The molecule has 1 aromatic carbocycles. The van der Waals surface area contributed by atoms with Crippen molar-refractivity contribution in [3.8, 4) is 12.3 Å². The third kappa shape index (κ3) is 2.57. The number of nitrogens with zero attached hydrogens (tertiary/aromatic N) is 2. The van der Waals surface area contributed by atoms with Crippen LogP contribution in [0.25, 0.3) is 0 Å². The molecule has 0 aliphatic rings. The van der Waals surface area contributed by atoms with E-state index in [1.807, 2.05) is 0 Å². The molecule has 0 saturated heterocycles. The van der Waals surface area contributed by atoms with Crippen molar-refractivity contribution in [2.45, 2.75) is 0 Å². The normalized spacial score (nSPS) is 9.62. The van der Waals surface area contributed by atoms with Crippen molar-refractivity contribution in [3.05, 3.63) is 32.3 Å². The summed E-state index contributed by atoms with van der Waals surface area (Å²) in [5.74, 6) is 2.43. The summed E-state index contributed by atoms with van der Waals surface area (Å²) in [6.07, 6.45) is 5.16. The van der Waals surface area contributed by atoms with Crippen molar-refractivity contribution < 1.29 is 4.92 Å². The van der Waals surface area contributed by atoms with Crippen molar-refractivity contribution in [1.82, 2.24) is 0 Å². The molecule has 16 heavy (non-hydrogen) atoms. The van der Waals surface area contributed by atoms with Crippen molar-refractivity contribution >= 4 is 34.6 Å². The maximum Gasteiger partial charge on any atom is 0.272 e. The van der Waals surface area contributed by atoms with Gasteiger partial charge in [-0.25, -0.2) is 0 Å². The number of nitro benzene ring substituents is 1. The van der Waals surface area contributed by atoms with Crippen LogP contribution in [0.3, 0.4) is 0 Å². The van der Waals surface area contributed by atoms with Gasteiger partial charge >= 0.3 is 0 Å². The Bertz CT molecular complexity index is 445. The van der Waals surface area contributed by atoms with Gasteiger partial charge in [-0.2, -0.15) is 0 Å². The van der Waals surface area contributed by atoms with Gasteiger partial charge in [0.25, 0.3) is 5.69 Å². The molecule has 0 aromatic heterocycles. The molecule has 0 heterocycles. The van der Waals surface area contributed by atoms with Crippen LogP contribution in [0.5, 0.6) is 0 Å². The van der Waals surface area contributed by atoms with E-state index in [2.05, 4.69) is 5.92 Å². The Hall–Kier alpha value is -1.44. The SMILES string of the molecule is C#CCN(C)c1c(Cl)cc([N+](=O)[O-])cc1Cl. The van der Waals surface area contributed by atoms with E-state index < -0.39 is 4.92 Å². The van der Waals surface area contributed by atoms with Gasteiger partial charge in [-0.3, -0.25) is 10.1 Å². The highest BCUT2D eigenvalue weighted by atomic mass is 35.5. The molecular formula is C10H8Cl2N2O2. The monoisotopic (exact) mass is 258 g/mol. The van der Waals surface area contributed by atoms with E-state index >= 15 is 0 Å². The van der Waals surface area contributed by atoms with E-state index in [1.165, 1.54) is 12.1 Å². The highest BCUT2D eigenvalue weighted by molar-refractivity contribution is 6.39. The molecule has 0 bridgehead atoms. The van der Waals surface area contributed by atoms with Gasteiger partial charge in [0, 0.05) is 19.2 Å². The molecule has 1 aromatic rings. The standard InChI is InChI=1S/C10H8Cl2N2O2/c1-3-4-13(2)10-8(11)5-7(14(15)16)6-9(10)12/h1,5-6H,4H2,2H3. The molecular weight excluding hydrogens is 251 g/mol. The van der Waals surface area contributed by atoms with Crippen molar-refractivity contribution in [2.24, 2.45) is 0 Å². The summed E-state index contributed by atoms with van der Waals surface area (Å²) in [4.78, 5) is 11.6. The second-order valence-corrected chi connectivity index (χ2v) is 3.89. The molecule has 0 aliphatic carbocycles. The number of nitro groups is 1. The molecule has 0 radical (unpaired) electrons. The van der Waals surface area contributed by atoms with Crippen LogP contribution in [0, 0.1) is 22.5 Å². The Balaban J connectivity index is 3.23.